The molecule has 0 saturated heterocycles. The van der Waals surface area contributed by atoms with Crippen molar-refractivity contribution in [2.75, 3.05) is 7.11 Å². The first-order valence-electron chi connectivity index (χ1n) is 12.5. The Bertz CT molecular complexity index is 1610. The number of rotatable bonds is 1. The van der Waals surface area contributed by atoms with Crippen molar-refractivity contribution in [3.8, 4) is 11.4 Å². The van der Waals surface area contributed by atoms with Gasteiger partial charge in [0.2, 0.25) is 0 Å². The summed E-state index contributed by atoms with van der Waals surface area (Å²) in [5.41, 5.74) is 8.22. The molecule has 1 aromatic carbocycles. The lowest BCUT2D eigenvalue weighted by molar-refractivity contribution is -0.189. The number of aryl methyl sites for hydroxylation is 3. The number of nitrogens with zero attached hydrogens (tertiary/aromatic N) is 2. The highest BCUT2D eigenvalue weighted by atomic mass is 16.6. The molecule has 5 rings (SSSR count). The van der Waals surface area contributed by atoms with Crippen LogP contribution in [0.4, 0.5) is 0 Å². The van der Waals surface area contributed by atoms with E-state index >= 15 is 0 Å². The number of carbonyl (C=O) groups excluding carboxylic acids is 1. The summed E-state index contributed by atoms with van der Waals surface area (Å²) < 4.78 is 13.4. The molecule has 0 bridgehead atoms. The summed E-state index contributed by atoms with van der Waals surface area (Å²) in [5, 5.41) is 1.16. The lowest BCUT2D eigenvalue weighted by Gasteiger charge is -2.42. The lowest BCUT2D eigenvalue weighted by atomic mass is 9.79. The Balaban J connectivity index is 2.04. The molecule has 0 N–H and O–H groups in total. The van der Waals surface area contributed by atoms with Crippen molar-refractivity contribution in [2.45, 2.75) is 92.9 Å². The monoisotopic (exact) mass is 488 g/mol. The third-order valence-electron chi connectivity index (χ3n) is 9.11. The number of esters is 1. The number of carbonyl (C=O) groups is 1. The van der Waals surface area contributed by atoms with Crippen LogP contribution in [-0.2, 0) is 31.0 Å². The Labute approximate surface area is 212 Å². The minimum Gasteiger partial charge on any atom is -0.452 e. The largest absolute Gasteiger partial charge is 0.452 e. The Morgan fingerprint density at radius 2 is 1.33 bits per heavy atom. The minimum atomic E-state index is -1.39. The molecule has 0 spiro atoms. The van der Waals surface area contributed by atoms with E-state index in [0.29, 0.717) is 11.1 Å². The molecule has 2 aliphatic heterocycles. The van der Waals surface area contributed by atoms with Gasteiger partial charge < -0.3 is 9.47 Å². The second-order valence-corrected chi connectivity index (χ2v) is 11.7. The molecule has 0 unspecified atom stereocenters. The summed E-state index contributed by atoms with van der Waals surface area (Å²) in [6.45, 7) is 22.1. The number of benzene rings is 1. The van der Waals surface area contributed by atoms with E-state index in [-0.39, 0.29) is 5.56 Å². The third-order valence-corrected chi connectivity index (χ3v) is 9.11. The van der Waals surface area contributed by atoms with E-state index in [2.05, 4.69) is 48.5 Å². The zero-order valence-corrected chi connectivity index (χ0v) is 23.5. The van der Waals surface area contributed by atoms with Crippen LogP contribution in [0.15, 0.2) is 4.79 Å². The van der Waals surface area contributed by atoms with Crippen molar-refractivity contribution < 1.29 is 14.3 Å². The van der Waals surface area contributed by atoms with E-state index in [4.69, 9.17) is 14.5 Å². The van der Waals surface area contributed by atoms with E-state index in [1.807, 2.05) is 11.5 Å². The molecule has 0 radical (unpaired) electrons. The predicted molar refractivity (Wildman–Crippen MR) is 142 cm³/mol. The van der Waals surface area contributed by atoms with Gasteiger partial charge >= 0.3 is 5.97 Å². The maximum Gasteiger partial charge on any atom is 0.343 e. The maximum absolute atomic E-state index is 14.4. The van der Waals surface area contributed by atoms with Gasteiger partial charge in [-0.2, -0.15) is 0 Å². The Hall–Kier alpha value is -2.99. The summed E-state index contributed by atoms with van der Waals surface area (Å²) in [4.78, 5) is 32.9. The van der Waals surface area contributed by atoms with E-state index < -0.39 is 22.7 Å². The average Bonchev–Trinajstić information content (AvgIpc) is 3.04. The fourth-order valence-corrected chi connectivity index (χ4v) is 6.83. The van der Waals surface area contributed by atoms with Crippen LogP contribution in [0.2, 0.25) is 0 Å². The Kier molecular flexibility index (Phi) is 4.85. The van der Waals surface area contributed by atoms with Gasteiger partial charge in [0.25, 0.3) is 5.56 Å². The number of pyridine rings is 2. The van der Waals surface area contributed by atoms with Gasteiger partial charge in [0.1, 0.15) is 5.60 Å². The smallest absolute Gasteiger partial charge is 0.343 e. The Morgan fingerprint density at radius 3 is 1.92 bits per heavy atom. The molecule has 0 amide bonds. The molecule has 190 valence electrons. The van der Waals surface area contributed by atoms with Crippen LogP contribution in [0.1, 0.15) is 84.7 Å². The van der Waals surface area contributed by atoms with Crippen molar-refractivity contribution in [1.82, 2.24) is 9.55 Å². The zero-order chi connectivity index (χ0) is 26.9. The number of fused-ring (bicyclic) bond motifs is 5. The molecule has 0 saturated carbocycles. The lowest BCUT2D eigenvalue weighted by Crippen LogP contribution is -2.52. The number of methoxy groups -OCH3 is 1. The molecular weight excluding hydrogens is 452 g/mol. The maximum atomic E-state index is 14.4. The highest BCUT2D eigenvalue weighted by molar-refractivity contribution is 5.95. The molecule has 0 aliphatic carbocycles. The molecule has 3 aromatic rings. The molecule has 6 heteroatoms. The van der Waals surface area contributed by atoms with Crippen LogP contribution in [0.25, 0.3) is 22.3 Å². The fraction of sp³-hybridized carbons (Fsp3) is 0.500. The summed E-state index contributed by atoms with van der Waals surface area (Å²) >= 11 is 0. The summed E-state index contributed by atoms with van der Waals surface area (Å²) in [6, 6.07) is 0. The van der Waals surface area contributed by atoms with Crippen LogP contribution in [0, 0.1) is 41.5 Å². The van der Waals surface area contributed by atoms with Gasteiger partial charge in [-0.05, 0) is 110 Å². The van der Waals surface area contributed by atoms with E-state index in [9.17, 15) is 9.59 Å². The normalized spacial score (nSPS) is 21.3. The van der Waals surface area contributed by atoms with Crippen LogP contribution in [0.3, 0.4) is 0 Å². The predicted octanol–water partition coefficient (Wildman–Crippen LogP) is 5.66. The average molecular weight is 489 g/mol. The Morgan fingerprint density at radius 1 is 0.750 bits per heavy atom. The van der Waals surface area contributed by atoms with Crippen molar-refractivity contribution in [2.24, 2.45) is 0 Å². The second-order valence-electron chi connectivity index (χ2n) is 11.7. The summed E-state index contributed by atoms with van der Waals surface area (Å²) in [5.74, 6) is -0.493. The van der Waals surface area contributed by atoms with E-state index in [1.165, 1.54) is 23.8 Å². The minimum absolute atomic E-state index is 0.168. The van der Waals surface area contributed by atoms with Crippen LogP contribution in [-0.4, -0.2) is 22.6 Å². The van der Waals surface area contributed by atoms with Gasteiger partial charge in [-0.25, -0.2) is 9.78 Å². The molecule has 2 aromatic heterocycles. The van der Waals surface area contributed by atoms with Gasteiger partial charge in [-0.3, -0.25) is 9.36 Å². The highest BCUT2D eigenvalue weighted by Gasteiger charge is 2.54. The molecular formula is C30H36N2O4. The van der Waals surface area contributed by atoms with Gasteiger partial charge in [0.15, 0.2) is 5.60 Å². The van der Waals surface area contributed by atoms with Gasteiger partial charge in [0.05, 0.1) is 28.0 Å². The first kappa shape index (κ1) is 24.7. The quantitative estimate of drug-likeness (QED) is 0.413. The number of ether oxygens (including phenoxy) is 2. The van der Waals surface area contributed by atoms with Crippen molar-refractivity contribution in [1.29, 1.82) is 0 Å². The van der Waals surface area contributed by atoms with Crippen molar-refractivity contribution in [3.63, 3.8) is 0 Å². The fourth-order valence-electron chi connectivity index (χ4n) is 6.83. The molecule has 2 aliphatic rings. The second kappa shape index (κ2) is 7.06. The van der Waals surface area contributed by atoms with Crippen LogP contribution < -0.4 is 5.56 Å². The van der Waals surface area contributed by atoms with E-state index in [0.717, 1.165) is 44.5 Å². The number of hydrogen-bond acceptors (Lipinski definition) is 5. The van der Waals surface area contributed by atoms with Crippen molar-refractivity contribution in [3.05, 3.63) is 60.4 Å². The van der Waals surface area contributed by atoms with E-state index in [1.54, 1.807) is 20.8 Å². The van der Waals surface area contributed by atoms with Crippen molar-refractivity contribution >= 4 is 16.9 Å². The molecule has 36 heavy (non-hydrogen) atoms. The first-order valence-corrected chi connectivity index (χ1v) is 12.5. The van der Waals surface area contributed by atoms with Gasteiger partial charge in [0, 0.05) is 23.6 Å². The number of aromatic nitrogens is 2. The molecule has 0 fully saturated rings. The summed E-state index contributed by atoms with van der Waals surface area (Å²) in [6.07, 6.45) is 0. The topological polar surface area (TPSA) is 70.4 Å². The first-order chi connectivity index (χ1) is 16.5. The van der Waals surface area contributed by atoms with Gasteiger partial charge in [-0.15, -0.1) is 0 Å². The zero-order valence-electron chi connectivity index (χ0n) is 23.5. The van der Waals surface area contributed by atoms with Crippen LogP contribution >= 0.6 is 0 Å². The van der Waals surface area contributed by atoms with Crippen LogP contribution in [0.5, 0.6) is 0 Å². The third kappa shape index (κ3) is 2.63. The molecule has 1 atom stereocenters. The molecule has 6 nitrogen and oxygen atoms in total. The standard InChI is InChI=1S/C30H36N2O4/c1-13-14(2)16(4)23-19(15(13)3)17(5)21-24(31-23)25-18(6)20-22(26(33)32(25)28(21,7)8)29(9,10)36-27(34)30(20,11)35-12/h1-12H3/t30-/m0/s1. The summed E-state index contributed by atoms with van der Waals surface area (Å²) in [7, 11) is 1.48. The molecule has 4 heterocycles. The highest BCUT2D eigenvalue weighted by Crippen LogP contribution is 2.51. The van der Waals surface area contributed by atoms with Gasteiger partial charge in [-0.1, -0.05) is 0 Å². The number of hydrogen-bond donors (Lipinski definition) is 0. The number of cyclic esters (lactones) is 1. The SMILES string of the molecule is CO[C@]1(C)C(=O)OC(C)(C)c2c1c(C)c1n(c2=O)C(C)(C)c2c-1nc1c(C)c(C)c(C)c(C)c1c2C.